The maximum Gasteiger partial charge on any atom is 0.292 e. The van der Waals surface area contributed by atoms with Gasteiger partial charge in [0.05, 0.1) is 9.95 Å². The summed E-state index contributed by atoms with van der Waals surface area (Å²) in [7, 11) is 0.529. The van der Waals surface area contributed by atoms with Crippen LogP contribution < -0.4 is 0 Å². The van der Waals surface area contributed by atoms with Crippen LogP contribution >= 0.6 is 33.9 Å². The van der Waals surface area contributed by atoms with Gasteiger partial charge < -0.3 is 0 Å². The summed E-state index contributed by atoms with van der Waals surface area (Å²) in [5.74, 6) is -1.41. The molecule has 0 heterocycles. The Labute approximate surface area is 103 Å². The molecule has 0 amide bonds. The molecule has 16 heavy (non-hydrogen) atoms. The number of halogens is 4. The Morgan fingerprint density at radius 2 is 1.81 bits per heavy atom. The maximum absolute atomic E-state index is 13.3. The van der Waals surface area contributed by atoms with E-state index in [0.29, 0.717) is 6.07 Å². The molecule has 0 spiro atoms. The van der Waals surface area contributed by atoms with Gasteiger partial charge >= 0.3 is 0 Å². The van der Waals surface area contributed by atoms with Crippen molar-refractivity contribution in [1.29, 1.82) is 0 Å². The zero-order valence-corrected chi connectivity index (χ0v) is 10.2. The van der Waals surface area contributed by atoms with Crippen LogP contribution in [-0.2, 0) is 9.05 Å². The Bertz CT molecular complexity index is 574. The van der Waals surface area contributed by atoms with E-state index < -0.39 is 40.4 Å². The van der Waals surface area contributed by atoms with Crippen molar-refractivity contribution in [3.8, 4) is 0 Å². The molecule has 0 atom stereocenters. The van der Waals surface area contributed by atoms with E-state index in [0.717, 1.165) is 0 Å². The quantitative estimate of drug-likeness (QED) is 0.364. The van der Waals surface area contributed by atoms with Crippen molar-refractivity contribution in [2.75, 3.05) is 0 Å². The lowest BCUT2D eigenvalue weighted by molar-refractivity contribution is -0.385. The van der Waals surface area contributed by atoms with Gasteiger partial charge in [-0.25, -0.2) is 12.8 Å². The molecule has 0 aromatic heterocycles. The van der Waals surface area contributed by atoms with Gasteiger partial charge in [0.15, 0.2) is 10.8 Å². The molecule has 10 heteroatoms. The van der Waals surface area contributed by atoms with Gasteiger partial charge in [-0.05, 0) is 0 Å². The van der Waals surface area contributed by atoms with Crippen LogP contribution in [0.3, 0.4) is 0 Å². The Morgan fingerprint density at radius 3 is 2.19 bits per heavy atom. The summed E-state index contributed by atoms with van der Waals surface area (Å²) in [5.41, 5.74) is -0.928. The molecule has 0 aliphatic carbocycles. The average molecular weight is 309 g/mol. The molecule has 1 aromatic rings. The second-order valence-electron chi connectivity index (χ2n) is 2.53. The van der Waals surface area contributed by atoms with Gasteiger partial charge in [-0.2, -0.15) is 0 Å². The predicted molar refractivity (Wildman–Crippen MR) is 56.1 cm³/mol. The fraction of sp³-hybridized carbons (Fsp3) is 0. The Morgan fingerprint density at radius 1 is 1.31 bits per heavy atom. The van der Waals surface area contributed by atoms with E-state index in [1.165, 1.54) is 0 Å². The van der Waals surface area contributed by atoms with Crippen LogP contribution in [0.2, 0.25) is 10.0 Å². The fourth-order valence-corrected chi connectivity index (χ4v) is 2.64. The monoisotopic (exact) mass is 307 g/mol. The van der Waals surface area contributed by atoms with Crippen molar-refractivity contribution < 1.29 is 17.7 Å². The molecular weight excluding hydrogens is 307 g/mol. The highest BCUT2D eigenvalue weighted by Crippen LogP contribution is 2.37. The smallest absolute Gasteiger partial charge is 0.258 e. The molecule has 88 valence electrons. The standard InChI is InChI=1S/C6HCl3FNO4S/c7-4-2(11(12)13)1-3(16(9,14)15)5(8)6(4)10/h1H. The zero-order valence-electron chi connectivity index (χ0n) is 7.08. The Hall–Kier alpha value is -0.630. The summed E-state index contributed by atoms with van der Waals surface area (Å²) in [4.78, 5) is 8.49. The van der Waals surface area contributed by atoms with E-state index >= 15 is 0 Å². The second-order valence-corrected chi connectivity index (χ2v) is 5.82. The first-order valence-electron chi connectivity index (χ1n) is 3.42. The summed E-state index contributed by atoms with van der Waals surface area (Å²) >= 11 is 10.6. The van der Waals surface area contributed by atoms with Crippen LogP contribution in [0.15, 0.2) is 11.0 Å². The van der Waals surface area contributed by atoms with Crippen LogP contribution in [0.25, 0.3) is 0 Å². The summed E-state index contributed by atoms with van der Waals surface area (Å²) < 4.78 is 35.1. The minimum atomic E-state index is -4.39. The molecule has 0 bridgehead atoms. The van der Waals surface area contributed by atoms with Gasteiger partial charge in [0, 0.05) is 16.7 Å². The molecule has 0 N–H and O–H groups in total. The molecular formula is C6HCl3FNO4S. The van der Waals surface area contributed by atoms with Gasteiger partial charge in [0.1, 0.15) is 4.90 Å². The van der Waals surface area contributed by atoms with Crippen LogP contribution in [0, 0.1) is 15.9 Å². The van der Waals surface area contributed by atoms with Gasteiger partial charge in [-0.3, -0.25) is 10.1 Å². The summed E-state index contributed by atoms with van der Waals surface area (Å²) in [6.45, 7) is 0. The molecule has 0 saturated carbocycles. The number of hydrogen-bond donors (Lipinski definition) is 0. The molecule has 1 aromatic carbocycles. The van der Waals surface area contributed by atoms with Crippen LogP contribution in [0.4, 0.5) is 10.1 Å². The molecule has 0 fully saturated rings. The van der Waals surface area contributed by atoms with Crippen LogP contribution in [-0.4, -0.2) is 13.3 Å². The lowest BCUT2D eigenvalue weighted by Gasteiger charge is -2.03. The topological polar surface area (TPSA) is 77.3 Å². The number of benzene rings is 1. The van der Waals surface area contributed by atoms with Crippen molar-refractivity contribution in [2.45, 2.75) is 4.90 Å². The molecule has 5 nitrogen and oxygen atoms in total. The normalized spacial score (nSPS) is 11.5. The van der Waals surface area contributed by atoms with Crippen LogP contribution in [0.5, 0.6) is 0 Å². The molecule has 0 aliphatic rings. The third kappa shape index (κ3) is 2.37. The van der Waals surface area contributed by atoms with Gasteiger partial charge in [-0.1, -0.05) is 23.2 Å². The lowest BCUT2D eigenvalue weighted by Crippen LogP contribution is -1.99. The summed E-state index contributed by atoms with van der Waals surface area (Å²) in [6.07, 6.45) is 0. The van der Waals surface area contributed by atoms with E-state index in [1.807, 2.05) is 0 Å². The summed E-state index contributed by atoms with van der Waals surface area (Å²) in [6, 6.07) is 0.496. The van der Waals surface area contributed by atoms with E-state index in [-0.39, 0.29) is 0 Å². The number of nitro benzene ring substituents is 1. The minimum absolute atomic E-state index is 0.496. The number of hydrogen-bond acceptors (Lipinski definition) is 4. The highest BCUT2D eigenvalue weighted by Gasteiger charge is 2.28. The molecule has 0 saturated heterocycles. The van der Waals surface area contributed by atoms with Crippen molar-refractivity contribution in [2.24, 2.45) is 0 Å². The lowest BCUT2D eigenvalue weighted by atomic mass is 10.3. The number of nitrogens with zero attached hydrogens (tertiary/aromatic N) is 1. The highest BCUT2D eigenvalue weighted by atomic mass is 35.7. The van der Waals surface area contributed by atoms with Gasteiger partial charge in [0.2, 0.25) is 0 Å². The van der Waals surface area contributed by atoms with E-state index in [9.17, 15) is 22.9 Å². The van der Waals surface area contributed by atoms with E-state index in [2.05, 4.69) is 0 Å². The van der Waals surface area contributed by atoms with Crippen molar-refractivity contribution in [1.82, 2.24) is 0 Å². The molecule has 0 radical (unpaired) electrons. The van der Waals surface area contributed by atoms with Crippen molar-refractivity contribution in [3.63, 3.8) is 0 Å². The third-order valence-electron chi connectivity index (χ3n) is 1.55. The Kier molecular flexibility index (Phi) is 3.63. The van der Waals surface area contributed by atoms with E-state index in [1.54, 1.807) is 0 Å². The molecule has 0 unspecified atom stereocenters. The molecule has 0 aliphatic heterocycles. The average Bonchev–Trinajstić information content (AvgIpc) is 2.11. The molecule has 1 rings (SSSR count). The fourth-order valence-electron chi connectivity index (χ4n) is 0.878. The van der Waals surface area contributed by atoms with E-state index in [4.69, 9.17) is 33.9 Å². The Balaban J connectivity index is 3.74. The second kappa shape index (κ2) is 4.33. The first-order valence-corrected chi connectivity index (χ1v) is 6.49. The number of nitro groups is 1. The predicted octanol–water partition coefficient (Wildman–Crippen LogP) is 2.97. The van der Waals surface area contributed by atoms with Crippen LogP contribution in [0.1, 0.15) is 0 Å². The number of rotatable bonds is 2. The summed E-state index contributed by atoms with van der Waals surface area (Å²) in [5, 5.41) is 8.68. The zero-order chi connectivity index (χ0) is 12.7. The van der Waals surface area contributed by atoms with Crippen molar-refractivity contribution in [3.05, 3.63) is 32.0 Å². The first-order chi connectivity index (χ1) is 7.16. The third-order valence-corrected chi connectivity index (χ3v) is 3.74. The largest absolute Gasteiger partial charge is 0.292 e. The maximum atomic E-state index is 13.3. The van der Waals surface area contributed by atoms with Crippen molar-refractivity contribution >= 4 is 48.6 Å². The minimum Gasteiger partial charge on any atom is -0.258 e. The SMILES string of the molecule is O=[N+]([O-])c1cc(S(=O)(=O)Cl)c(Cl)c(F)c1Cl. The first kappa shape index (κ1) is 13.4. The van der Waals surface area contributed by atoms with Gasteiger partial charge in [-0.15, -0.1) is 0 Å². The van der Waals surface area contributed by atoms with Gasteiger partial charge in [0.25, 0.3) is 14.7 Å². The highest BCUT2D eigenvalue weighted by molar-refractivity contribution is 8.13.